The summed E-state index contributed by atoms with van der Waals surface area (Å²) < 4.78 is 10.0. The number of ether oxygens (including phenoxy) is 2. The molecule has 150 valence electrons. The number of nitrogens with one attached hydrogen (secondary N) is 2. The van der Waals surface area contributed by atoms with Crippen LogP contribution in [0.15, 0.2) is 29.1 Å². The first-order valence-corrected chi connectivity index (χ1v) is 8.76. The maximum Gasteiger partial charge on any atom is 0.360 e. The van der Waals surface area contributed by atoms with Crippen molar-refractivity contribution in [1.29, 1.82) is 0 Å². The van der Waals surface area contributed by atoms with Crippen LogP contribution in [0.1, 0.15) is 49.5 Å². The molecule has 0 saturated carbocycles. The molecule has 0 bridgehead atoms. The quantitative estimate of drug-likeness (QED) is 0.498. The number of aromatic nitrogens is 3. The molecule has 0 aliphatic carbocycles. The molecule has 0 saturated heterocycles. The van der Waals surface area contributed by atoms with Gasteiger partial charge in [-0.3, -0.25) is 9.59 Å². The highest BCUT2D eigenvalue weighted by molar-refractivity contribution is 6.06. The summed E-state index contributed by atoms with van der Waals surface area (Å²) in [4.78, 5) is 52.0. The third-order valence-electron chi connectivity index (χ3n) is 4.62. The van der Waals surface area contributed by atoms with Crippen LogP contribution in [0.25, 0.3) is 10.8 Å². The van der Waals surface area contributed by atoms with Crippen LogP contribution < -0.4 is 5.56 Å². The number of rotatable bonds is 5. The van der Waals surface area contributed by atoms with Crippen LogP contribution in [0.2, 0.25) is 0 Å². The average Bonchev–Trinajstić information content (AvgIpc) is 3.01. The fraction of sp³-hybridized carbons (Fsp3) is 0.250. The van der Waals surface area contributed by atoms with E-state index in [2.05, 4.69) is 15.2 Å². The van der Waals surface area contributed by atoms with Crippen molar-refractivity contribution in [2.24, 2.45) is 0 Å². The lowest BCUT2D eigenvalue weighted by atomic mass is 10.1. The number of Topliss-reactive ketones (excluding diaryl/α,β-unsaturated/α-hetero) is 1. The SMILES string of the molecule is COC(=O)c1c(C)[nH]c(C(=O)[C@H](C)OC(=O)c2n[nH]c(=O)c3ccccc23)c1C. The fourth-order valence-electron chi connectivity index (χ4n) is 3.15. The van der Waals surface area contributed by atoms with Gasteiger partial charge in [-0.25, -0.2) is 14.7 Å². The van der Waals surface area contributed by atoms with Crippen molar-refractivity contribution in [3.8, 4) is 0 Å². The number of carbonyl (C=O) groups is 3. The summed E-state index contributed by atoms with van der Waals surface area (Å²) in [5.41, 5.74) is 0.771. The van der Waals surface area contributed by atoms with Crippen molar-refractivity contribution >= 4 is 28.5 Å². The first-order valence-electron chi connectivity index (χ1n) is 8.76. The zero-order valence-corrected chi connectivity index (χ0v) is 16.3. The molecule has 2 heterocycles. The number of aryl methyl sites for hydroxylation is 1. The molecule has 0 unspecified atom stereocenters. The first-order chi connectivity index (χ1) is 13.8. The van der Waals surface area contributed by atoms with Crippen LogP contribution in [0.5, 0.6) is 0 Å². The molecule has 0 radical (unpaired) electrons. The van der Waals surface area contributed by atoms with Gasteiger partial charge in [-0.15, -0.1) is 0 Å². The second kappa shape index (κ2) is 7.70. The normalized spacial score (nSPS) is 11.9. The van der Waals surface area contributed by atoms with Crippen LogP contribution in [-0.2, 0) is 9.47 Å². The zero-order valence-electron chi connectivity index (χ0n) is 16.3. The van der Waals surface area contributed by atoms with Gasteiger partial charge in [-0.2, -0.15) is 5.10 Å². The maximum absolute atomic E-state index is 12.8. The van der Waals surface area contributed by atoms with E-state index in [0.717, 1.165) is 0 Å². The maximum atomic E-state index is 12.8. The van der Waals surface area contributed by atoms with Crippen molar-refractivity contribution in [3.05, 3.63) is 62.8 Å². The molecular formula is C20H19N3O6. The number of benzene rings is 1. The number of hydrogen-bond donors (Lipinski definition) is 2. The van der Waals surface area contributed by atoms with Gasteiger partial charge in [0.15, 0.2) is 11.8 Å². The van der Waals surface area contributed by atoms with Crippen LogP contribution in [0.3, 0.4) is 0 Å². The Morgan fingerprint density at radius 1 is 1.07 bits per heavy atom. The van der Waals surface area contributed by atoms with Gasteiger partial charge in [0, 0.05) is 11.1 Å². The molecule has 0 fully saturated rings. The topological polar surface area (TPSA) is 131 Å². The Morgan fingerprint density at radius 3 is 2.38 bits per heavy atom. The number of carbonyl (C=O) groups excluding carboxylic acids is 3. The van der Waals surface area contributed by atoms with E-state index in [4.69, 9.17) is 9.47 Å². The Hall–Kier alpha value is -3.75. The number of nitrogens with zero attached hydrogens (tertiary/aromatic N) is 1. The highest BCUT2D eigenvalue weighted by atomic mass is 16.5. The van der Waals surface area contributed by atoms with E-state index in [1.54, 1.807) is 38.1 Å². The molecule has 3 aromatic rings. The van der Waals surface area contributed by atoms with Crippen LogP contribution >= 0.6 is 0 Å². The molecule has 3 rings (SSSR count). The second-order valence-corrected chi connectivity index (χ2v) is 6.48. The highest BCUT2D eigenvalue weighted by Crippen LogP contribution is 2.21. The van der Waals surface area contributed by atoms with E-state index in [0.29, 0.717) is 16.6 Å². The number of H-pyrrole nitrogens is 2. The number of fused-ring (bicyclic) bond motifs is 1. The minimum absolute atomic E-state index is 0.102. The second-order valence-electron chi connectivity index (χ2n) is 6.48. The molecule has 0 aliphatic heterocycles. The third-order valence-corrected chi connectivity index (χ3v) is 4.62. The Balaban J connectivity index is 1.88. The van der Waals surface area contributed by atoms with Gasteiger partial charge < -0.3 is 14.5 Å². The van der Waals surface area contributed by atoms with E-state index in [-0.39, 0.29) is 22.3 Å². The number of ketones is 1. The summed E-state index contributed by atoms with van der Waals surface area (Å²) in [7, 11) is 1.25. The summed E-state index contributed by atoms with van der Waals surface area (Å²) in [6.07, 6.45) is -1.16. The van der Waals surface area contributed by atoms with Gasteiger partial charge in [-0.1, -0.05) is 18.2 Å². The van der Waals surface area contributed by atoms with E-state index in [1.807, 2.05) is 0 Å². The highest BCUT2D eigenvalue weighted by Gasteiger charge is 2.28. The molecule has 2 aromatic heterocycles. The van der Waals surface area contributed by atoms with Crippen molar-refractivity contribution in [2.45, 2.75) is 26.9 Å². The molecule has 1 aromatic carbocycles. The minimum Gasteiger partial charge on any atom is -0.465 e. The monoisotopic (exact) mass is 397 g/mol. The lowest BCUT2D eigenvalue weighted by Crippen LogP contribution is -2.26. The molecule has 9 heteroatoms. The summed E-state index contributed by atoms with van der Waals surface area (Å²) in [6.45, 7) is 4.67. The van der Waals surface area contributed by atoms with E-state index < -0.39 is 29.4 Å². The fourth-order valence-corrected chi connectivity index (χ4v) is 3.15. The van der Waals surface area contributed by atoms with Gasteiger partial charge in [0.2, 0.25) is 5.78 Å². The first kappa shape index (κ1) is 20.0. The van der Waals surface area contributed by atoms with Crippen molar-refractivity contribution in [2.75, 3.05) is 7.11 Å². The van der Waals surface area contributed by atoms with Crippen LogP contribution in [-0.4, -0.2) is 46.1 Å². The molecule has 0 amide bonds. The Bertz CT molecular complexity index is 1190. The van der Waals surface area contributed by atoms with Crippen LogP contribution in [0, 0.1) is 13.8 Å². The lowest BCUT2D eigenvalue weighted by Gasteiger charge is -2.12. The number of hydrogen-bond acceptors (Lipinski definition) is 7. The van der Waals surface area contributed by atoms with Crippen molar-refractivity contribution in [1.82, 2.24) is 15.2 Å². The summed E-state index contributed by atoms with van der Waals surface area (Å²) >= 11 is 0. The molecule has 9 nitrogen and oxygen atoms in total. The molecular weight excluding hydrogens is 378 g/mol. The smallest absolute Gasteiger partial charge is 0.360 e. The molecule has 0 aliphatic rings. The summed E-state index contributed by atoms with van der Waals surface area (Å²) in [5, 5.41) is 6.62. The number of esters is 2. The average molecular weight is 397 g/mol. The Morgan fingerprint density at radius 2 is 1.72 bits per heavy atom. The van der Waals surface area contributed by atoms with E-state index in [1.165, 1.54) is 14.0 Å². The predicted molar refractivity (Wildman–Crippen MR) is 103 cm³/mol. The van der Waals surface area contributed by atoms with Gasteiger partial charge in [0.05, 0.1) is 23.8 Å². The van der Waals surface area contributed by atoms with Gasteiger partial charge >= 0.3 is 11.9 Å². The van der Waals surface area contributed by atoms with Gasteiger partial charge in [-0.05, 0) is 32.4 Å². The minimum atomic E-state index is -1.16. The van der Waals surface area contributed by atoms with Crippen molar-refractivity contribution < 1.29 is 23.9 Å². The predicted octanol–water partition coefficient (Wildman–Crippen LogP) is 2.08. The lowest BCUT2D eigenvalue weighted by molar-refractivity contribution is 0.0312. The zero-order chi connectivity index (χ0) is 21.3. The molecule has 1 atom stereocenters. The number of aromatic amines is 2. The van der Waals surface area contributed by atoms with Gasteiger partial charge in [0.25, 0.3) is 5.56 Å². The van der Waals surface area contributed by atoms with Crippen molar-refractivity contribution in [3.63, 3.8) is 0 Å². The molecule has 0 spiro atoms. The Kier molecular flexibility index (Phi) is 5.31. The summed E-state index contributed by atoms with van der Waals surface area (Å²) in [6, 6.07) is 6.45. The standard InChI is InChI=1S/C20H19N3O6/c1-9-14(19(26)28-4)10(2)21-15(9)17(24)11(3)29-20(27)16-12-7-5-6-8-13(12)18(25)23-22-16/h5-8,11,21H,1-4H3,(H,23,25)/t11-/m0/s1. The molecule has 29 heavy (non-hydrogen) atoms. The van der Waals surface area contributed by atoms with Gasteiger partial charge in [0.1, 0.15) is 0 Å². The summed E-state index contributed by atoms with van der Waals surface area (Å²) in [5.74, 6) is -1.93. The van der Waals surface area contributed by atoms with E-state index in [9.17, 15) is 19.2 Å². The number of methoxy groups -OCH3 is 1. The molecule has 2 N–H and O–H groups in total. The van der Waals surface area contributed by atoms with E-state index >= 15 is 0 Å². The largest absolute Gasteiger partial charge is 0.465 e. The Labute approximate surface area is 165 Å². The van der Waals surface area contributed by atoms with Crippen LogP contribution in [0.4, 0.5) is 0 Å². The third kappa shape index (κ3) is 3.54.